The Kier molecular flexibility index (Phi) is 3.37. The highest BCUT2D eigenvalue weighted by Crippen LogP contribution is 2.21. The van der Waals surface area contributed by atoms with Crippen molar-refractivity contribution < 1.29 is 9.59 Å². The van der Waals surface area contributed by atoms with Gasteiger partial charge in [0.1, 0.15) is 6.04 Å². The molecule has 110 valence electrons. The number of nitrogens with one attached hydrogen (secondary N) is 1. The van der Waals surface area contributed by atoms with Gasteiger partial charge in [0.15, 0.2) is 0 Å². The molecule has 0 saturated carbocycles. The summed E-state index contributed by atoms with van der Waals surface area (Å²) < 4.78 is 1.92. The third-order valence-corrected chi connectivity index (χ3v) is 3.94. The minimum Gasteiger partial charge on any atom is -0.345 e. The average Bonchev–Trinajstić information content (AvgIpc) is 2.86. The van der Waals surface area contributed by atoms with Gasteiger partial charge >= 0.3 is 0 Å². The Morgan fingerprint density at radius 3 is 2.86 bits per heavy atom. The molecular formula is C15H18N4O2. The lowest BCUT2D eigenvalue weighted by molar-refractivity contribution is -0.145. The fourth-order valence-electron chi connectivity index (χ4n) is 2.71. The van der Waals surface area contributed by atoms with Crippen LogP contribution >= 0.6 is 0 Å². The molecule has 6 nitrogen and oxygen atoms in total. The maximum atomic E-state index is 12.0. The molecule has 21 heavy (non-hydrogen) atoms. The van der Waals surface area contributed by atoms with Gasteiger partial charge in [-0.05, 0) is 19.9 Å². The Balaban J connectivity index is 1.97. The second-order valence-electron chi connectivity index (χ2n) is 5.20. The molecule has 0 bridgehead atoms. The molecule has 2 amide bonds. The lowest BCUT2D eigenvalue weighted by Crippen LogP contribution is -2.56. The monoisotopic (exact) mass is 286 g/mol. The molecule has 1 aromatic carbocycles. The van der Waals surface area contributed by atoms with E-state index < -0.39 is 6.04 Å². The zero-order chi connectivity index (χ0) is 15.0. The van der Waals surface area contributed by atoms with E-state index in [4.69, 9.17) is 0 Å². The number of hydrogen-bond donors (Lipinski definition) is 1. The van der Waals surface area contributed by atoms with Gasteiger partial charge in [0.05, 0.1) is 24.3 Å². The summed E-state index contributed by atoms with van der Waals surface area (Å²) in [7, 11) is 0. The predicted molar refractivity (Wildman–Crippen MR) is 78.4 cm³/mol. The van der Waals surface area contributed by atoms with Crippen molar-refractivity contribution in [3.63, 3.8) is 0 Å². The smallest absolute Gasteiger partial charge is 0.242 e. The molecule has 1 saturated heterocycles. The summed E-state index contributed by atoms with van der Waals surface area (Å²) in [6, 6.07) is 7.49. The van der Waals surface area contributed by atoms with E-state index in [0.29, 0.717) is 6.54 Å². The zero-order valence-corrected chi connectivity index (χ0v) is 12.2. The van der Waals surface area contributed by atoms with Crippen LogP contribution in [0.2, 0.25) is 0 Å². The van der Waals surface area contributed by atoms with E-state index in [1.54, 1.807) is 11.8 Å². The largest absolute Gasteiger partial charge is 0.345 e. The number of benzene rings is 1. The van der Waals surface area contributed by atoms with Crippen LogP contribution < -0.4 is 5.32 Å². The molecule has 2 heterocycles. The van der Waals surface area contributed by atoms with Crippen molar-refractivity contribution in [2.24, 2.45) is 0 Å². The van der Waals surface area contributed by atoms with Crippen LogP contribution in [0.15, 0.2) is 24.3 Å². The Labute approximate surface area is 122 Å². The molecule has 1 fully saturated rings. The molecule has 1 unspecified atom stereocenters. The van der Waals surface area contributed by atoms with Crippen molar-refractivity contribution in [1.29, 1.82) is 0 Å². The highest BCUT2D eigenvalue weighted by Gasteiger charge is 2.31. The zero-order valence-electron chi connectivity index (χ0n) is 12.2. The van der Waals surface area contributed by atoms with Gasteiger partial charge in [0.25, 0.3) is 0 Å². The molecular weight excluding hydrogens is 268 g/mol. The maximum Gasteiger partial charge on any atom is 0.242 e. The van der Waals surface area contributed by atoms with Crippen molar-refractivity contribution in [1.82, 2.24) is 20.0 Å². The van der Waals surface area contributed by atoms with Crippen LogP contribution in [-0.4, -0.2) is 39.1 Å². The molecule has 2 aromatic rings. The van der Waals surface area contributed by atoms with E-state index >= 15 is 0 Å². The highest BCUT2D eigenvalue weighted by atomic mass is 16.2. The average molecular weight is 286 g/mol. The standard InChI is InChI=1S/C15H18N4O2/c1-3-19-13-7-5-4-6-11(13)12(17-19)9-18-10(2)15(21)16-8-14(18)20/h4-7,10H,3,8-9H2,1-2H3,(H,16,21). The number of para-hydroxylation sites is 1. The van der Waals surface area contributed by atoms with Gasteiger partial charge in [-0.1, -0.05) is 18.2 Å². The Hall–Kier alpha value is -2.37. The van der Waals surface area contributed by atoms with Crippen LogP contribution in [0.4, 0.5) is 0 Å². The molecule has 0 radical (unpaired) electrons. The van der Waals surface area contributed by atoms with E-state index in [-0.39, 0.29) is 18.4 Å². The first-order valence-electron chi connectivity index (χ1n) is 7.13. The first-order valence-corrected chi connectivity index (χ1v) is 7.13. The Morgan fingerprint density at radius 1 is 1.33 bits per heavy atom. The topological polar surface area (TPSA) is 67.2 Å². The number of rotatable bonds is 3. The number of nitrogens with zero attached hydrogens (tertiary/aromatic N) is 3. The van der Waals surface area contributed by atoms with Crippen LogP contribution in [-0.2, 0) is 22.7 Å². The molecule has 1 aromatic heterocycles. The Morgan fingerprint density at radius 2 is 2.10 bits per heavy atom. The van der Waals surface area contributed by atoms with E-state index in [9.17, 15) is 9.59 Å². The lowest BCUT2D eigenvalue weighted by Gasteiger charge is -2.32. The number of piperazine rings is 1. The SMILES string of the molecule is CCn1nc(CN2C(=O)CNC(=O)C2C)c2ccccc21. The first-order chi connectivity index (χ1) is 10.1. The van der Waals surface area contributed by atoms with Gasteiger partial charge in [-0.25, -0.2) is 0 Å². The van der Waals surface area contributed by atoms with E-state index in [2.05, 4.69) is 10.4 Å². The highest BCUT2D eigenvalue weighted by molar-refractivity contribution is 5.94. The molecule has 0 spiro atoms. The number of aryl methyl sites for hydroxylation is 1. The van der Waals surface area contributed by atoms with Crippen LogP contribution in [0.1, 0.15) is 19.5 Å². The Bertz CT molecular complexity index is 707. The normalized spacial score (nSPS) is 19.1. The number of fused-ring (bicyclic) bond motifs is 1. The summed E-state index contributed by atoms with van der Waals surface area (Å²) in [5, 5.41) is 8.21. The molecule has 1 aliphatic rings. The number of carbonyl (C=O) groups is 2. The number of carbonyl (C=O) groups excluding carboxylic acids is 2. The number of aromatic nitrogens is 2. The van der Waals surface area contributed by atoms with Gasteiger partial charge < -0.3 is 10.2 Å². The molecule has 1 N–H and O–H groups in total. The second-order valence-corrected chi connectivity index (χ2v) is 5.20. The number of hydrogen-bond acceptors (Lipinski definition) is 3. The summed E-state index contributed by atoms with van der Waals surface area (Å²) in [6.07, 6.45) is 0. The molecule has 6 heteroatoms. The molecule has 0 aliphatic carbocycles. The van der Waals surface area contributed by atoms with Crippen molar-refractivity contribution in [2.45, 2.75) is 33.0 Å². The molecule has 3 rings (SSSR count). The van der Waals surface area contributed by atoms with Crippen molar-refractivity contribution in [3.8, 4) is 0 Å². The van der Waals surface area contributed by atoms with Crippen molar-refractivity contribution in [2.75, 3.05) is 6.54 Å². The quantitative estimate of drug-likeness (QED) is 0.911. The maximum absolute atomic E-state index is 12.0. The third-order valence-electron chi connectivity index (χ3n) is 3.94. The summed E-state index contributed by atoms with van der Waals surface area (Å²) >= 11 is 0. The molecule has 1 atom stereocenters. The predicted octanol–water partition coefficient (Wildman–Crippen LogP) is 0.903. The van der Waals surface area contributed by atoms with Crippen LogP contribution in [0, 0.1) is 0 Å². The summed E-state index contributed by atoms with van der Waals surface area (Å²) in [5.74, 6) is -0.189. The fourth-order valence-corrected chi connectivity index (χ4v) is 2.71. The van der Waals surface area contributed by atoms with Gasteiger partial charge in [-0.3, -0.25) is 14.3 Å². The number of amides is 2. The minimum absolute atomic E-state index is 0.0651. The van der Waals surface area contributed by atoms with E-state index in [0.717, 1.165) is 23.1 Å². The van der Waals surface area contributed by atoms with Crippen LogP contribution in [0.25, 0.3) is 10.9 Å². The van der Waals surface area contributed by atoms with Gasteiger partial charge in [-0.2, -0.15) is 5.10 Å². The van der Waals surface area contributed by atoms with E-state index in [1.165, 1.54) is 0 Å². The van der Waals surface area contributed by atoms with E-state index in [1.807, 2.05) is 35.9 Å². The minimum atomic E-state index is -0.461. The van der Waals surface area contributed by atoms with Crippen LogP contribution in [0.5, 0.6) is 0 Å². The van der Waals surface area contributed by atoms with Gasteiger partial charge in [0.2, 0.25) is 11.8 Å². The summed E-state index contributed by atoms with van der Waals surface area (Å²) in [5.41, 5.74) is 1.89. The first kappa shape index (κ1) is 13.6. The second kappa shape index (κ2) is 5.20. The lowest BCUT2D eigenvalue weighted by atomic mass is 10.1. The van der Waals surface area contributed by atoms with Gasteiger partial charge in [-0.15, -0.1) is 0 Å². The van der Waals surface area contributed by atoms with Crippen molar-refractivity contribution in [3.05, 3.63) is 30.0 Å². The molecule has 1 aliphatic heterocycles. The van der Waals surface area contributed by atoms with Gasteiger partial charge in [0, 0.05) is 11.9 Å². The van der Waals surface area contributed by atoms with Crippen LogP contribution in [0.3, 0.4) is 0 Å². The van der Waals surface area contributed by atoms with Crippen molar-refractivity contribution >= 4 is 22.7 Å². The fraction of sp³-hybridized carbons (Fsp3) is 0.400. The third kappa shape index (κ3) is 2.26. The summed E-state index contributed by atoms with van der Waals surface area (Å²) in [4.78, 5) is 25.4. The summed E-state index contributed by atoms with van der Waals surface area (Å²) in [6.45, 7) is 4.97.